The van der Waals surface area contributed by atoms with Crippen molar-refractivity contribution >= 4 is 11.7 Å². The third-order valence-corrected chi connectivity index (χ3v) is 2.65. The smallest absolute Gasteiger partial charge is 0.245 e. The van der Waals surface area contributed by atoms with E-state index >= 15 is 0 Å². The molecule has 1 atom stereocenters. The number of amides is 1. The lowest BCUT2D eigenvalue weighted by molar-refractivity contribution is -0.120. The van der Waals surface area contributed by atoms with Gasteiger partial charge in [-0.15, -0.1) is 0 Å². The molecule has 2 rings (SSSR count). The number of aromatic nitrogens is 2. The first kappa shape index (κ1) is 12.1. The number of anilines is 1. The van der Waals surface area contributed by atoms with Gasteiger partial charge in [-0.05, 0) is 13.8 Å². The zero-order valence-corrected chi connectivity index (χ0v) is 10.1. The molecule has 0 aliphatic carbocycles. The Balaban J connectivity index is 1.99. The Morgan fingerprint density at radius 1 is 1.71 bits per heavy atom. The van der Waals surface area contributed by atoms with E-state index in [1.807, 2.05) is 13.8 Å². The highest BCUT2D eigenvalue weighted by molar-refractivity contribution is 5.94. The van der Waals surface area contributed by atoms with Crippen molar-refractivity contribution in [3.05, 3.63) is 12.3 Å². The average molecular weight is 238 g/mol. The van der Waals surface area contributed by atoms with Crippen molar-refractivity contribution in [3.63, 3.8) is 0 Å². The van der Waals surface area contributed by atoms with E-state index < -0.39 is 0 Å². The Labute approximate surface area is 100 Å². The molecule has 2 heterocycles. The van der Waals surface area contributed by atoms with Crippen LogP contribution in [0.4, 0.5) is 5.82 Å². The SMILES string of the molecule is CC(C)n1nccc1NC(=O)C1COCCN1. The molecule has 0 bridgehead atoms. The normalized spacial score (nSPS) is 20.5. The molecule has 1 aromatic rings. The zero-order chi connectivity index (χ0) is 12.3. The van der Waals surface area contributed by atoms with E-state index in [9.17, 15) is 4.79 Å². The standard InChI is InChI=1S/C11H18N4O2/c1-8(2)15-10(3-4-13-15)14-11(16)9-7-17-6-5-12-9/h3-4,8-9,12H,5-7H2,1-2H3,(H,14,16). The number of hydrogen-bond donors (Lipinski definition) is 2. The fraction of sp³-hybridized carbons (Fsp3) is 0.636. The number of nitrogens with zero attached hydrogens (tertiary/aromatic N) is 2. The lowest BCUT2D eigenvalue weighted by atomic mass is 10.2. The largest absolute Gasteiger partial charge is 0.378 e. The van der Waals surface area contributed by atoms with E-state index in [-0.39, 0.29) is 18.0 Å². The first-order chi connectivity index (χ1) is 8.18. The summed E-state index contributed by atoms with van der Waals surface area (Å²) in [5, 5.41) is 10.1. The van der Waals surface area contributed by atoms with Crippen molar-refractivity contribution in [1.29, 1.82) is 0 Å². The van der Waals surface area contributed by atoms with E-state index in [1.165, 1.54) is 0 Å². The van der Waals surface area contributed by atoms with E-state index in [2.05, 4.69) is 15.7 Å². The van der Waals surface area contributed by atoms with E-state index in [0.717, 1.165) is 5.82 Å². The van der Waals surface area contributed by atoms with Crippen LogP contribution in [0, 0.1) is 0 Å². The molecule has 1 aromatic heterocycles. The first-order valence-corrected chi connectivity index (χ1v) is 5.84. The fourth-order valence-corrected chi connectivity index (χ4v) is 1.77. The second-order valence-corrected chi connectivity index (χ2v) is 4.33. The van der Waals surface area contributed by atoms with Gasteiger partial charge in [-0.25, -0.2) is 4.68 Å². The van der Waals surface area contributed by atoms with Crippen LogP contribution in [0.25, 0.3) is 0 Å². The number of carbonyl (C=O) groups is 1. The fourth-order valence-electron chi connectivity index (χ4n) is 1.77. The van der Waals surface area contributed by atoms with Crippen LogP contribution in [-0.4, -0.2) is 41.5 Å². The highest BCUT2D eigenvalue weighted by Crippen LogP contribution is 2.13. The topological polar surface area (TPSA) is 68.2 Å². The highest BCUT2D eigenvalue weighted by Gasteiger charge is 2.22. The van der Waals surface area contributed by atoms with Crippen LogP contribution in [-0.2, 0) is 9.53 Å². The number of rotatable bonds is 3. The third kappa shape index (κ3) is 2.83. The predicted octanol–water partition coefficient (Wildman–Crippen LogP) is 0.391. The maximum Gasteiger partial charge on any atom is 0.245 e. The predicted molar refractivity (Wildman–Crippen MR) is 63.9 cm³/mol. The maximum absolute atomic E-state index is 11.9. The third-order valence-electron chi connectivity index (χ3n) is 2.65. The summed E-state index contributed by atoms with van der Waals surface area (Å²) < 4.78 is 7.03. The minimum Gasteiger partial charge on any atom is -0.378 e. The minimum atomic E-state index is -0.278. The first-order valence-electron chi connectivity index (χ1n) is 5.84. The molecule has 6 heteroatoms. The van der Waals surface area contributed by atoms with Crippen molar-refractivity contribution in [3.8, 4) is 0 Å². The summed E-state index contributed by atoms with van der Waals surface area (Å²) in [6, 6.07) is 1.73. The summed E-state index contributed by atoms with van der Waals surface area (Å²) in [5.74, 6) is 0.643. The van der Waals surface area contributed by atoms with Gasteiger partial charge in [-0.3, -0.25) is 4.79 Å². The molecule has 94 valence electrons. The summed E-state index contributed by atoms with van der Waals surface area (Å²) in [6.45, 7) is 5.83. The second-order valence-electron chi connectivity index (χ2n) is 4.33. The van der Waals surface area contributed by atoms with Crippen molar-refractivity contribution in [2.45, 2.75) is 25.9 Å². The number of ether oxygens (including phenoxy) is 1. The van der Waals surface area contributed by atoms with Crippen LogP contribution in [0.15, 0.2) is 12.3 Å². The van der Waals surface area contributed by atoms with E-state index in [0.29, 0.717) is 19.8 Å². The number of nitrogens with one attached hydrogen (secondary N) is 2. The number of carbonyl (C=O) groups excluding carboxylic acids is 1. The Morgan fingerprint density at radius 2 is 2.53 bits per heavy atom. The number of morpholine rings is 1. The molecule has 1 saturated heterocycles. The molecule has 0 spiro atoms. The van der Waals surface area contributed by atoms with E-state index in [4.69, 9.17) is 4.74 Å². The highest BCUT2D eigenvalue weighted by atomic mass is 16.5. The van der Waals surface area contributed by atoms with Crippen LogP contribution < -0.4 is 10.6 Å². The Morgan fingerprint density at radius 3 is 3.18 bits per heavy atom. The molecular formula is C11H18N4O2. The molecule has 17 heavy (non-hydrogen) atoms. The monoisotopic (exact) mass is 238 g/mol. The van der Waals surface area contributed by atoms with Crippen molar-refractivity contribution < 1.29 is 9.53 Å². The lowest BCUT2D eigenvalue weighted by Crippen LogP contribution is -2.49. The summed E-state index contributed by atoms with van der Waals surface area (Å²) in [5.41, 5.74) is 0. The molecule has 0 aromatic carbocycles. The molecule has 6 nitrogen and oxygen atoms in total. The van der Waals surface area contributed by atoms with Crippen LogP contribution >= 0.6 is 0 Å². The molecule has 1 fully saturated rings. The van der Waals surface area contributed by atoms with Gasteiger partial charge in [0.1, 0.15) is 11.9 Å². The minimum absolute atomic E-state index is 0.0768. The molecule has 1 aliphatic heterocycles. The molecule has 0 radical (unpaired) electrons. The zero-order valence-electron chi connectivity index (χ0n) is 10.1. The van der Waals surface area contributed by atoms with Gasteiger partial charge in [0.2, 0.25) is 5.91 Å². The molecular weight excluding hydrogens is 220 g/mol. The van der Waals surface area contributed by atoms with Crippen LogP contribution in [0.2, 0.25) is 0 Å². The summed E-state index contributed by atoms with van der Waals surface area (Å²) in [4.78, 5) is 11.9. The molecule has 0 saturated carbocycles. The molecule has 1 aliphatic rings. The average Bonchev–Trinajstić information content (AvgIpc) is 2.78. The van der Waals surface area contributed by atoms with Gasteiger partial charge >= 0.3 is 0 Å². The summed E-state index contributed by atoms with van der Waals surface area (Å²) in [6.07, 6.45) is 1.68. The maximum atomic E-state index is 11.9. The van der Waals surface area contributed by atoms with Gasteiger partial charge in [-0.1, -0.05) is 0 Å². The molecule has 1 amide bonds. The molecule has 2 N–H and O–H groups in total. The quantitative estimate of drug-likeness (QED) is 0.799. The van der Waals surface area contributed by atoms with Crippen LogP contribution in [0.1, 0.15) is 19.9 Å². The van der Waals surface area contributed by atoms with Crippen molar-refractivity contribution in [2.24, 2.45) is 0 Å². The Bertz CT molecular complexity index is 383. The number of hydrogen-bond acceptors (Lipinski definition) is 4. The second kappa shape index (κ2) is 5.29. The van der Waals surface area contributed by atoms with Gasteiger partial charge in [0, 0.05) is 18.7 Å². The van der Waals surface area contributed by atoms with Crippen molar-refractivity contribution in [2.75, 3.05) is 25.1 Å². The Hall–Kier alpha value is -1.40. The summed E-state index contributed by atoms with van der Waals surface area (Å²) >= 11 is 0. The van der Waals surface area contributed by atoms with Gasteiger partial charge in [0.05, 0.1) is 19.4 Å². The van der Waals surface area contributed by atoms with Gasteiger partial charge in [-0.2, -0.15) is 5.10 Å². The van der Waals surface area contributed by atoms with Crippen LogP contribution in [0.5, 0.6) is 0 Å². The summed E-state index contributed by atoms with van der Waals surface area (Å²) in [7, 11) is 0. The van der Waals surface area contributed by atoms with Gasteiger partial charge in [0.15, 0.2) is 0 Å². The van der Waals surface area contributed by atoms with Crippen molar-refractivity contribution in [1.82, 2.24) is 15.1 Å². The van der Waals surface area contributed by atoms with Crippen LogP contribution in [0.3, 0.4) is 0 Å². The Kier molecular flexibility index (Phi) is 3.75. The lowest BCUT2D eigenvalue weighted by Gasteiger charge is -2.23. The van der Waals surface area contributed by atoms with E-state index in [1.54, 1.807) is 16.9 Å². The molecule has 1 unspecified atom stereocenters. The van der Waals surface area contributed by atoms with Gasteiger partial charge < -0.3 is 15.4 Å². The van der Waals surface area contributed by atoms with Gasteiger partial charge in [0.25, 0.3) is 0 Å².